The van der Waals surface area contributed by atoms with E-state index in [1.54, 1.807) is 12.3 Å². The van der Waals surface area contributed by atoms with Gasteiger partial charge in [0.15, 0.2) is 0 Å². The van der Waals surface area contributed by atoms with Crippen molar-refractivity contribution in [1.82, 2.24) is 9.97 Å². The van der Waals surface area contributed by atoms with Crippen molar-refractivity contribution in [1.29, 1.82) is 0 Å². The fourth-order valence-corrected chi connectivity index (χ4v) is 3.12. The Labute approximate surface area is 183 Å². The molecule has 1 aromatic heterocycles. The second kappa shape index (κ2) is 9.07. The van der Waals surface area contributed by atoms with Gasteiger partial charge in [-0.15, -0.1) is 0 Å². The Balaban J connectivity index is 1.50. The molecule has 0 saturated heterocycles. The van der Waals surface area contributed by atoms with Crippen molar-refractivity contribution < 1.29 is 13.2 Å². The first-order valence-electron chi connectivity index (χ1n) is 9.83. The van der Waals surface area contributed by atoms with Crippen molar-refractivity contribution >= 4 is 23.0 Å². The van der Waals surface area contributed by atoms with Crippen LogP contribution in [-0.4, -0.2) is 16.1 Å². The normalized spacial score (nSPS) is 12.2. The van der Waals surface area contributed by atoms with E-state index >= 15 is 0 Å². The summed E-state index contributed by atoms with van der Waals surface area (Å²) in [5.41, 5.74) is 9.27. The third kappa shape index (κ3) is 5.22. The van der Waals surface area contributed by atoms with E-state index in [4.69, 9.17) is 5.73 Å². The lowest BCUT2D eigenvalue weighted by Crippen LogP contribution is -2.28. The third-order valence-electron chi connectivity index (χ3n) is 4.75. The van der Waals surface area contributed by atoms with Crippen molar-refractivity contribution in [2.75, 3.05) is 10.6 Å². The SMILES string of the molecule is NC(c1ccc(Nc2nccc(-c3cccc(Nc4ccccc4)c3)n2)cc1)C(F)(F)F. The van der Waals surface area contributed by atoms with Crippen molar-refractivity contribution in [3.8, 4) is 11.3 Å². The summed E-state index contributed by atoms with van der Waals surface area (Å²) in [6.45, 7) is 0. The van der Waals surface area contributed by atoms with Crippen LogP contribution in [0.2, 0.25) is 0 Å². The number of aromatic nitrogens is 2. The maximum absolute atomic E-state index is 12.8. The zero-order chi connectivity index (χ0) is 22.6. The molecular weight excluding hydrogens is 415 g/mol. The molecule has 0 aliphatic rings. The van der Waals surface area contributed by atoms with Crippen LogP contribution in [0.15, 0.2) is 91.1 Å². The average molecular weight is 435 g/mol. The lowest BCUT2D eigenvalue weighted by atomic mass is 10.1. The number of alkyl halides is 3. The van der Waals surface area contributed by atoms with Crippen LogP contribution in [0.5, 0.6) is 0 Å². The molecular formula is C24H20F3N5. The van der Waals surface area contributed by atoms with Crippen molar-refractivity contribution in [3.63, 3.8) is 0 Å². The maximum Gasteiger partial charge on any atom is 0.407 e. The topological polar surface area (TPSA) is 75.9 Å². The Hall–Kier alpha value is -3.91. The molecule has 5 nitrogen and oxygen atoms in total. The molecule has 8 heteroatoms. The zero-order valence-corrected chi connectivity index (χ0v) is 16.8. The molecule has 3 aromatic carbocycles. The van der Waals surface area contributed by atoms with Crippen LogP contribution in [-0.2, 0) is 0 Å². The zero-order valence-electron chi connectivity index (χ0n) is 16.8. The van der Waals surface area contributed by atoms with Crippen LogP contribution in [0, 0.1) is 0 Å². The van der Waals surface area contributed by atoms with Gasteiger partial charge in [-0.2, -0.15) is 13.2 Å². The molecule has 4 aromatic rings. The Bertz CT molecular complexity index is 1180. The summed E-state index contributed by atoms with van der Waals surface area (Å²) in [5, 5.41) is 6.36. The van der Waals surface area contributed by atoms with Crippen LogP contribution >= 0.6 is 0 Å². The van der Waals surface area contributed by atoms with Gasteiger partial charge >= 0.3 is 6.18 Å². The smallest absolute Gasteiger partial charge is 0.356 e. The van der Waals surface area contributed by atoms with Gasteiger partial charge in [-0.3, -0.25) is 0 Å². The minimum Gasteiger partial charge on any atom is -0.356 e. The van der Waals surface area contributed by atoms with E-state index in [2.05, 4.69) is 20.6 Å². The van der Waals surface area contributed by atoms with Gasteiger partial charge in [-0.25, -0.2) is 9.97 Å². The minimum atomic E-state index is -4.49. The summed E-state index contributed by atoms with van der Waals surface area (Å²) in [5.74, 6) is 0.330. The van der Waals surface area contributed by atoms with Gasteiger partial charge in [0.05, 0.1) is 5.69 Å². The minimum absolute atomic E-state index is 0.0135. The van der Waals surface area contributed by atoms with Crippen molar-refractivity contribution in [2.24, 2.45) is 5.73 Å². The van der Waals surface area contributed by atoms with E-state index in [1.165, 1.54) is 24.3 Å². The molecule has 0 aliphatic carbocycles. The molecule has 4 N–H and O–H groups in total. The van der Waals surface area contributed by atoms with Gasteiger partial charge in [0.2, 0.25) is 5.95 Å². The van der Waals surface area contributed by atoms with Crippen molar-refractivity contribution in [3.05, 3.63) is 96.7 Å². The van der Waals surface area contributed by atoms with E-state index in [0.717, 1.165) is 16.9 Å². The number of nitrogens with one attached hydrogen (secondary N) is 2. The van der Waals surface area contributed by atoms with Gasteiger partial charge in [-0.1, -0.05) is 42.5 Å². The molecule has 0 fully saturated rings. The molecule has 0 amide bonds. The molecule has 0 saturated carbocycles. The second-order valence-electron chi connectivity index (χ2n) is 7.10. The summed E-state index contributed by atoms with van der Waals surface area (Å²) in [4.78, 5) is 8.73. The number of rotatable bonds is 6. The highest BCUT2D eigenvalue weighted by atomic mass is 19.4. The Morgan fingerprint density at radius 2 is 1.44 bits per heavy atom. The largest absolute Gasteiger partial charge is 0.407 e. The molecule has 1 heterocycles. The van der Waals surface area contributed by atoms with Crippen LogP contribution < -0.4 is 16.4 Å². The number of anilines is 4. The summed E-state index contributed by atoms with van der Waals surface area (Å²) >= 11 is 0. The summed E-state index contributed by atoms with van der Waals surface area (Å²) < 4.78 is 38.3. The van der Waals surface area contributed by atoms with Gasteiger partial charge in [-0.05, 0) is 48.0 Å². The summed E-state index contributed by atoms with van der Waals surface area (Å²) in [7, 11) is 0. The number of hydrogen-bond acceptors (Lipinski definition) is 5. The number of para-hydroxylation sites is 1. The molecule has 0 spiro atoms. The first kappa shape index (κ1) is 21.3. The molecule has 4 rings (SSSR count). The highest BCUT2D eigenvalue weighted by molar-refractivity contribution is 5.69. The van der Waals surface area contributed by atoms with E-state index < -0.39 is 12.2 Å². The fourth-order valence-electron chi connectivity index (χ4n) is 3.12. The van der Waals surface area contributed by atoms with Gasteiger partial charge in [0, 0.05) is 28.8 Å². The van der Waals surface area contributed by atoms with E-state index in [1.807, 2.05) is 54.6 Å². The quantitative estimate of drug-likeness (QED) is 0.337. The van der Waals surface area contributed by atoms with Gasteiger partial charge in [0.1, 0.15) is 6.04 Å². The number of halogens is 3. The summed E-state index contributed by atoms with van der Waals surface area (Å²) in [6, 6.07) is 23.1. The van der Waals surface area contributed by atoms with Crippen LogP contribution in [0.1, 0.15) is 11.6 Å². The molecule has 1 atom stereocenters. The first-order chi connectivity index (χ1) is 15.4. The number of hydrogen-bond donors (Lipinski definition) is 3. The molecule has 0 aliphatic heterocycles. The number of nitrogens with two attached hydrogens (primary N) is 1. The predicted octanol–water partition coefficient (Wildman–Crippen LogP) is 6.19. The second-order valence-corrected chi connectivity index (χ2v) is 7.10. The van der Waals surface area contributed by atoms with E-state index in [0.29, 0.717) is 17.3 Å². The van der Waals surface area contributed by atoms with Crippen molar-refractivity contribution in [2.45, 2.75) is 12.2 Å². The van der Waals surface area contributed by atoms with E-state index in [-0.39, 0.29) is 5.56 Å². The van der Waals surface area contributed by atoms with Gasteiger partial charge < -0.3 is 16.4 Å². The lowest BCUT2D eigenvalue weighted by Gasteiger charge is -2.16. The average Bonchev–Trinajstić information content (AvgIpc) is 2.80. The molecule has 32 heavy (non-hydrogen) atoms. The van der Waals surface area contributed by atoms with Crippen LogP contribution in [0.25, 0.3) is 11.3 Å². The Kier molecular flexibility index (Phi) is 6.04. The van der Waals surface area contributed by atoms with Crippen LogP contribution in [0.4, 0.5) is 36.2 Å². The third-order valence-corrected chi connectivity index (χ3v) is 4.75. The predicted molar refractivity (Wildman–Crippen MR) is 120 cm³/mol. The first-order valence-corrected chi connectivity index (χ1v) is 9.83. The Morgan fingerprint density at radius 3 is 2.16 bits per heavy atom. The van der Waals surface area contributed by atoms with Gasteiger partial charge in [0.25, 0.3) is 0 Å². The molecule has 1 unspecified atom stereocenters. The summed E-state index contributed by atoms with van der Waals surface area (Å²) in [6.07, 6.45) is -2.87. The molecule has 0 bridgehead atoms. The highest BCUT2D eigenvalue weighted by Crippen LogP contribution is 2.31. The lowest BCUT2D eigenvalue weighted by molar-refractivity contribution is -0.149. The Morgan fingerprint density at radius 1 is 0.750 bits per heavy atom. The molecule has 0 radical (unpaired) electrons. The van der Waals surface area contributed by atoms with Crippen LogP contribution in [0.3, 0.4) is 0 Å². The van der Waals surface area contributed by atoms with E-state index in [9.17, 15) is 13.2 Å². The molecule has 162 valence electrons. The number of benzene rings is 3. The monoisotopic (exact) mass is 435 g/mol. The fraction of sp³-hybridized carbons (Fsp3) is 0.0833. The number of nitrogens with zero attached hydrogens (tertiary/aromatic N) is 2. The standard InChI is InChI=1S/C24H20F3N5/c25-24(26,27)22(28)16-9-11-19(12-10-16)31-23-29-14-13-21(32-23)17-5-4-8-20(15-17)30-18-6-2-1-3-7-18/h1-15,22,30H,28H2,(H,29,31,32). The maximum atomic E-state index is 12.8. The highest BCUT2D eigenvalue weighted by Gasteiger charge is 2.37.